The molecule has 0 amide bonds. The van der Waals surface area contributed by atoms with Gasteiger partial charge in [0.05, 0.1) is 0 Å². The maximum absolute atomic E-state index is 14.7. The molecule has 1 fully saturated rings. The van der Waals surface area contributed by atoms with Gasteiger partial charge in [-0.2, -0.15) is 0 Å². The van der Waals surface area contributed by atoms with Crippen molar-refractivity contribution >= 4 is 11.6 Å². The van der Waals surface area contributed by atoms with Gasteiger partial charge in [0, 0.05) is 10.6 Å². The molecule has 0 aliphatic heterocycles. The van der Waals surface area contributed by atoms with Crippen molar-refractivity contribution in [3.63, 3.8) is 0 Å². The highest BCUT2D eigenvalue weighted by atomic mass is 35.5. The lowest BCUT2D eigenvalue weighted by molar-refractivity contribution is 0.310. The number of hydrogen-bond donors (Lipinski definition) is 0. The van der Waals surface area contributed by atoms with Gasteiger partial charge in [0.15, 0.2) is 0 Å². The summed E-state index contributed by atoms with van der Waals surface area (Å²) in [6.07, 6.45) is 8.59. The third-order valence-electron chi connectivity index (χ3n) is 7.33. The van der Waals surface area contributed by atoms with Gasteiger partial charge in [-0.25, -0.2) is 8.78 Å². The van der Waals surface area contributed by atoms with Gasteiger partial charge in [-0.1, -0.05) is 54.9 Å². The molecule has 1 aliphatic rings. The van der Waals surface area contributed by atoms with E-state index in [-0.39, 0.29) is 5.56 Å². The molecular weight excluding hydrogens is 434 g/mol. The predicted octanol–water partition coefficient (Wildman–Crippen LogP) is 8.87. The highest BCUT2D eigenvalue weighted by molar-refractivity contribution is 6.30. The van der Waals surface area contributed by atoms with Gasteiger partial charge in [-0.05, 0) is 116 Å². The second kappa shape index (κ2) is 11.3. The third kappa shape index (κ3) is 6.44. The summed E-state index contributed by atoms with van der Waals surface area (Å²) >= 11 is 5.91. The number of aryl methyl sites for hydroxylation is 3. The van der Waals surface area contributed by atoms with Crippen LogP contribution in [-0.2, 0) is 25.7 Å². The van der Waals surface area contributed by atoms with E-state index in [1.54, 1.807) is 12.1 Å². The van der Waals surface area contributed by atoms with Crippen LogP contribution in [0.3, 0.4) is 0 Å². The second-order valence-corrected chi connectivity index (χ2v) is 9.95. The Hall–Kier alpha value is -2.19. The smallest absolute Gasteiger partial charge is 0.129 e. The van der Waals surface area contributed by atoms with E-state index in [0.29, 0.717) is 29.7 Å². The topological polar surface area (TPSA) is 0 Å². The van der Waals surface area contributed by atoms with Crippen LogP contribution in [0.25, 0.3) is 0 Å². The third-order valence-corrected chi connectivity index (χ3v) is 7.58. The molecule has 0 atom stereocenters. The Morgan fingerprint density at radius 1 is 0.727 bits per heavy atom. The molecule has 3 heteroatoms. The van der Waals surface area contributed by atoms with E-state index < -0.39 is 11.6 Å². The summed E-state index contributed by atoms with van der Waals surface area (Å²) in [4.78, 5) is 0. The molecule has 0 nitrogen and oxygen atoms in total. The lowest BCUT2D eigenvalue weighted by Gasteiger charge is -2.29. The highest BCUT2D eigenvalue weighted by Crippen LogP contribution is 2.37. The van der Waals surface area contributed by atoms with E-state index in [1.165, 1.54) is 36.8 Å². The SMILES string of the molecule is CCc1ccc(C2CCC(CCc3cc(F)c(CCc4ccc(Cl)cc4)c(F)c3)CC2)cc1. The molecule has 1 aliphatic carbocycles. The average molecular weight is 467 g/mol. The Bertz CT molecular complexity index is 1010. The van der Waals surface area contributed by atoms with E-state index in [2.05, 4.69) is 31.2 Å². The fraction of sp³-hybridized carbons (Fsp3) is 0.400. The molecule has 0 N–H and O–H groups in total. The van der Waals surface area contributed by atoms with Crippen LogP contribution in [-0.4, -0.2) is 0 Å². The molecular formula is C30H33ClF2. The summed E-state index contributed by atoms with van der Waals surface area (Å²) in [5, 5.41) is 0.666. The Balaban J connectivity index is 1.27. The summed E-state index contributed by atoms with van der Waals surface area (Å²) in [6.45, 7) is 2.19. The molecule has 0 radical (unpaired) electrons. The normalized spacial score (nSPS) is 18.4. The molecule has 3 aromatic carbocycles. The first kappa shape index (κ1) is 24.0. The van der Waals surface area contributed by atoms with Gasteiger partial charge in [-0.3, -0.25) is 0 Å². The second-order valence-electron chi connectivity index (χ2n) is 9.52. The maximum Gasteiger partial charge on any atom is 0.129 e. The first-order valence-corrected chi connectivity index (χ1v) is 12.7. The molecule has 33 heavy (non-hydrogen) atoms. The standard InChI is InChI=1S/C30H33ClF2/c1-2-21-5-12-25(13-6-21)26-14-7-22(8-15-26)3-4-24-19-29(32)28(30(33)20-24)18-11-23-9-16-27(31)17-10-23/h5-6,9-10,12-13,16-17,19-20,22,26H,2-4,7-8,11,14-15,18H2,1H3. The molecule has 0 unspecified atom stereocenters. The van der Waals surface area contributed by atoms with Crippen molar-refractivity contribution in [1.29, 1.82) is 0 Å². The van der Waals surface area contributed by atoms with E-state index in [9.17, 15) is 8.78 Å². The van der Waals surface area contributed by atoms with Crippen molar-refractivity contribution in [2.45, 2.75) is 70.6 Å². The van der Waals surface area contributed by atoms with Gasteiger partial charge in [-0.15, -0.1) is 0 Å². The van der Waals surface area contributed by atoms with Crippen LogP contribution in [0.2, 0.25) is 5.02 Å². The summed E-state index contributed by atoms with van der Waals surface area (Å²) in [5.41, 5.74) is 4.84. The molecule has 0 spiro atoms. The lowest BCUT2D eigenvalue weighted by Crippen LogP contribution is -2.14. The van der Waals surface area contributed by atoms with Crippen LogP contribution in [0.5, 0.6) is 0 Å². The number of halogens is 3. The van der Waals surface area contributed by atoms with Gasteiger partial charge in [0.1, 0.15) is 11.6 Å². The zero-order valence-corrected chi connectivity index (χ0v) is 20.2. The quantitative estimate of drug-likeness (QED) is 0.311. The fourth-order valence-electron chi connectivity index (χ4n) is 5.14. The zero-order chi connectivity index (χ0) is 23.2. The van der Waals surface area contributed by atoms with Gasteiger partial charge >= 0.3 is 0 Å². The minimum Gasteiger partial charge on any atom is -0.207 e. The first-order chi connectivity index (χ1) is 16.0. The fourth-order valence-corrected chi connectivity index (χ4v) is 5.27. The van der Waals surface area contributed by atoms with Crippen molar-refractivity contribution in [2.75, 3.05) is 0 Å². The maximum atomic E-state index is 14.7. The van der Waals surface area contributed by atoms with Crippen molar-refractivity contribution in [3.05, 3.63) is 105 Å². The highest BCUT2D eigenvalue weighted by Gasteiger charge is 2.22. The zero-order valence-electron chi connectivity index (χ0n) is 19.4. The first-order valence-electron chi connectivity index (χ1n) is 12.3. The van der Waals surface area contributed by atoms with Gasteiger partial charge in [0.2, 0.25) is 0 Å². The van der Waals surface area contributed by atoms with Crippen LogP contribution in [0, 0.1) is 17.6 Å². The van der Waals surface area contributed by atoms with Crippen LogP contribution < -0.4 is 0 Å². The lowest BCUT2D eigenvalue weighted by atomic mass is 9.77. The Labute approximate surface area is 202 Å². The predicted molar refractivity (Wildman–Crippen MR) is 134 cm³/mol. The van der Waals surface area contributed by atoms with Crippen molar-refractivity contribution in [2.24, 2.45) is 5.92 Å². The van der Waals surface area contributed by atoms with Crippen molar-refractivity contribution < 1.29 is 8.78 Å². The molecule has 0 bridgehead atoms. The number of benzene rings is 3. The molecule has 4 rings (SSSR count). The Morgan fingerprint density at radius 2 is 1.33 bits per heavy atom. The number of hydrogen-bond acceptors (Lipinski definition) is 0. The summed E-state index contributed by atoms with van der Waals surface area (Å²) in [5.74, 6) is 0.463. The van der Waals surface area contributed by atoms with Crippen LogP contribution in [0.4, 0.5) is 8.78 Å². The minimum absolute atomic E-state index is 0.184. The van der Waals surface area contributed by atoms with Crippen LogP contribution in [0.1, 0.15) is 72.8 Å². The Morgan fingerprint density at radius 3 is 1.94 bits per heavy atom. The molecule has 0 heterocycles. The van der Waals surface area contributed by atoms with E-state index in [4.69, 9.17) is 11.6 Å². The molecule has 3 aromatic rings. The molecule has 1 saturated carbocycles. The van der Waals surface area contributed by atoms with E-state index in [0.717, 1.165) is 30.4 Å². The van der Waals surface area contributed by atoms with Crippen LogP contribution in [0.15, 0.2) is 60.7 Å². The molecule has 0 aromatic heterocycles. The van der Waals surface area contributed by atoms with E-state index in [1.807, 2.05) is 24.3 Å². The van der Waals surface area contributed by atoms with Crippen molar-refractivity contribution in [3.8, 4) is 0 Å². The average Bonchev–Trinajstić information content (AvgIpc) is 2.84. The van der Waals surface area contributed by atoms with Crippen molar-refractivity contribution in [1.82, 2.24) is 0 Å². The molecule has 174 valence electrons. The summed E-state index contributed by atoms with van der Waals surface area (Å²) in [7, 11) is 0. The Kier molecular flexibility index (Phi) is 8.20. The molecule has 0 saturated heterocycles. The summed E-state index contributed by atoms with van der Waals surface area (Å²) < 4.78 is 29.4. The van der Waals surface area contributed by atoms with Crippen LogP contribution >= 0.6 is 11.6 Å². The summed E-state index contributed by atoms with van der Waals surface area (Å²) in [6, 6.07) is 19.6. The minimum atomic E-state index is -0.418. The van der Waals surface area contributed by atoms with Gasteiger partial charge < -0.3 is 0 Å². The number of rotatable bonds is 8. The van der Waals surface area contributed by atoms with Gasteiger partial charge in [0.25, 0.3) is 0 Å². The van der Waals surface area contributed by atoms with E-state index >= 15 is 0 Å². The monoisotopic (exact) mass is 466 g/mol. The largest absolute Gasteiger partial charge is 0.207 e.